The minimum Gasteiger partial charge on any atom is -0.478 e. The molecule has 1 aromatic carbocycles. The molecule has 110 valence electrons. The maximum atomic E-state index is 11.1. The number of thiazole rings is 1. The van der Waals surface area contributed by atoms with E-state index in [2.05, 4.69) is 6.92 Å². The fourth-order valence-corrected chi connectivity index (χ4v) is 4.03. The molecule has 1 aromatic heterocycles. The van der Waals surface area contributed by atoms with Crippen molar-refractivity contribution in [3.63, 3.8) is 0 Å². The topological polar surface area (TPSA) is 50.2 Å². The molecule has 21 heavy (non-hydrogen) atoms. The highest BCUT2D eigenvalue weighted by molar-refractivity contribution is 7.15. The number of hydrogen-bond acceptors (Lipinski definition) is 3. The largest absolute Gasteiger partial charge is 0.478 e. The zero-order valence-corrected chi connectivity index (χ0v) is 13.0. The molecular formula is C17H19NO2S. The number of aromatic carboxylic acids is 1. The van der Waals surface area contributed by atoms with E-state index in [9.17, 15) is 4.79 Å². The minimum absolute atomic E-state index is 0.380. The van der Waals surface area contributed by atoms with Gasteiger partial charge in [-0.3, -0.25) is 0 Å². The molecule has 0 amide bonds. The van der Waals surface area contributed by atoms with Gasteiger partial charge in [0.1, 0.15) is 0 Å². The third kappa shape index (κ3) is 2.86. The number of carboxylic acids is 1. The van der Waals surface area contributed by atoms with E-state index in [1.54, 1.807) is 17.4 Å². The van der Waals surface area contributed by atoms with Crippen molar-refractivity contribution in [1.29, 1.82) is 0 Å². The van der Waals surface area contributed by atoms with Gasteiger partial charge < -0.3 is 5.11 Å². The Morgan fingerprint density at radius 1 is 1.33 bits per heavy atom. The Hall–Kier alpha value is -1.68. The van der Waals surface area contributed by atoms with Crippen molar-refractivity contribution in [3.05, 3.63) is 40.0 Å². The highest BCUT2D eigenvalue weighted by Gasteiger charge is 2.21. The van der Waals surface area contributed by atoms with Gasteiger partial charge in [0.15, 0.2) is 0 Å². The average molecular weight is 301 g/mol. The summed E-state index contributed by atoms with van der Waals surface area (Å²) >= 11 is 1.78. The van der Waals surface area contributed by atoms with Crippen molar-refractivity contribution in [2.75, 3.05) is 0 Å². The Balaban J connectivity index is 1.89. The van der Waals surface area contributed by atoms with Crippen LogP contribution in [0.3, 0.4) is 0 Å². The van der Waals surface area contributed by atoms with Gasteiger partial charge in [-0.25, -0.2) is 9.78 Å². The van der Waals surface area contributed by atoms with Crippen LogP contribution >= 0.6 is 11.3 Å². The molecule has 1 heterocycles. The fourth-order valence-electron chi connectivity index (χ4n) is 2.82. The van der Waals surface area contributed by atoms with Crippen molar-refractivity contribution >= 4 is 17.3 Å². The summed E-state index contributed by atoms with van der Waals surface area (Å²) in [4.78, 5) is 17.1. The molecule has 0 spiro atoms. The second-order valence-electron chi connectivity index (χ2n) is 5.52. The Morgan fingerprint density at radius 2 is 2.19 bits per heavy atom. The Kier molecular flexibility index (Phi) is 4.06. The smallest absolute Gasteiger partial charge is 0.335 e. The molecule has 1 aliphatic carbocycles. The van der Waals surface area contributed by atoms with E-state index in [1.165, 1.54) is 40.4 Å². The first kappa shape index (κ1) is 14.3. The summed E-state index contributed by atoms with van der Waals surface area (Å²) in [6.45, 7) is 2.21. The molecule has 0 saturated heterocycles. The number of rotatable bonds is 5. The third-order valence-corrected chi connectivity index (χ3v) is 5.15. The number of carboxylic acid groups (broad SMARTS) is 1. The maximum absolute atomic E-state index is 11.1. The van der Waals surface area contributed by atoms with Gasteiger partial charge in [0.2, 0.25) is 0 Å². The summed E-state index contributed by atoms with van der Waals surface area (Å²) in [5.74, 6) is -0.854. The predicted octanol–water partition coefficient (Wildman–Crippen LogP) is 4.34. The Morgan fingerprint density at radius 3 is 2.95 bits per heavy atom. The van der Waals surface area contributed by atoms with Gasteiger partial charge in [0.05, 0.1) is 21.1 Å². The number of carbonyl (C=O) groups is 1. The SMILES string of the molecule is CCCCCc1nc2c(s1)-c1ccc(C(=O)O)cc1CC2. The van der Waals surface area contributed by atoms with E-state index >= 15 is 0 Å². The van der Waals surface area contributed by atoms with Gasteiger partial charge in [-0.1, -0.05) is 25.8 Å². The summed E-state index contributed by atoms with van der Waals surface area (Å²) in [5.41, 5.74) is 3.90. The van der Waals surface area contributed by atoms with Crippen molar-refractivity contribution in [1.82, 2.24) is 4.98 Å². The molecule has 0 fully saturated rings. The zero-order valence-electron chi connectivity index (χ0n) is 12.2. The number of aryl methyl sites for hydroxylation is 3. The van der Waals surface area contributed by atoms with Crippen LogP contribution in [0.4, 0.5) is 0 Å². The van der Waals surface area contributed by atoms with Crippen LogP contribution in [0.2, 0.25) is 0 Å². The van der Waals surface area contributed by atoms with Crippen LogP contribution in [0.1, 0.15) is 52.8 Å². The first-order valence-corrected chi connectivity index (χ1v) is 8.36. The van der Waals surface area contributed by atoms with Gasteiger partial charge in [0.25, 0.3) is 0 Å². The fraction of sp³-hybridized carbons (Fsp3) is 0.412. The number of fused-ring (bicyclic) bond motifs is 3. The molecule has 2 aromatic rings. The van der Waals surface area contributed by atoms with Crippen LogP contribution in [-0.2, 0) is 19.3 Å². The molecular weight excluding hydrogens is 282 g/mol. The first-order valence-electron chi connectivity index (χ1n) is 7.54. The van der Waals surface area contributed by atoms with Crippen LogP contribution in [0.5, 0.6) is 0 Å². The number of benzene rings is 1. The van der Waals surface area contributed by atoms with Crippen molar-refractivity contribution in [2.24, 2.45) is 0 Å². The molecule has 4 heteroatoms. The van der Waals surface area contributed by atoms with E-state index in [1.807, 2.05) is 12.1 Å². The molecule has 3 rings (SSSR count). The Labute approximate surface area is 128 Å². The zero-order chi connectivity index (χ0) is 14.8. The van der Waals surface area contributed by atoms with Crippen molar-refractivity contribution in [3.8, 4) is 10.4 Å². The third-order valence-electron chi connectivity index (χ3n) is 3.96. The lowest BCUT2D eigenvalue weighted by Crippen LogP contribution is -2.05. The van der Waals surface area contributed by atoms with Crippen molar-refractivity contribution in [2.45, 2.75) is 45.4 Å². The quantitative estimate of drug-likeness (QED) is 0.836. The number of unbranched alkanes of at least 4 members (excludes halogenated alkanes) is 2. The molecule has 1 aliphatic rings. The summed E-state index contributed by atoms with van der Waals surface area (Å²) in [5, 5.41) is 10.3. The van der Waals surface area contributed by atoms with E-state index in [0.29, 0.717) is 5.56 Å². The molecule has 0 radical (unpaired) electrons. The van der Waals surface area contributed by atoms with E-state index in [4.69, 9.17) is 10.1 Å². The molecule has 0 aliphatic heterocycles. The normalized spacial score (nSPS) is 12.8. The van der Waals surface area contributed by atoms with E-state index in [-0.39, 0.29) is 0 Å². The Bertz CT molecular complexity index is 675. The lowest BCUT2D eigenvalue weighted by Gasteiger charge is -2.15. The summed E-state index contributed by atoms with van der Waals surface area (Å²) < 4.78 is 0. The first-order chi connectivity index (χ1) is 10.2. The van der Waals surface area contributed by atoms with E-state index in [0.717, 1.165) is 24.8 Å². The number of nitrogens with zero attached hydrogens (tertiary/aromatic N) is 1. The van der Waals surface area contributed by atoms with Gasteiger partial charge in [-0.2, -0.15) is 0 Å². The summed E-state index contributed by atoms with van der Waals surface area (Å²) in [6.07, 6.45) is 6.56. The molecule has 0 bridgehead atoms. The molecule has 0 atom stereocenters. The summed E-state index contributed by atoms with van der Waals surface area (Å²) in [7, 11) is 0. The standard InChI is InChI=1S/C17H19NO2S/c1-2-3-4-5-15-18-14-9-7-11-10-12(17(19)20)6-8-13(11)16(14)21-15/h6,8,10H,2-5,7,9H2,1H3,(H,19,20). The van der Waals surface area contributed by atoms with Crippen molar-refractivity contribution < 1.29 is 9.90 Å². The molecule has 0 saturated carbocycles. The highest BCUT2D eigenvalue weighted by atomic mass is 32.1. The number of aromatic nitrogens is 1. The van der Waals surface area contributed by atoms with Gasteiger partial charge in [-0.05, 0) is 48.9 Å². The number of hydrogen-bond donors (Lipinski definition) is 1. The lowest BCUT2D eigenvalue weighted by atomic mass is 9.92. The average Bonchev–Trinajstić information content (AvgIpc) is 2.90. The minimum atomic E-state index is -0.854. The summed E-state index contributed by atoms with van der Waals surface area (Å²) in [6, 6.07) is 5.47. The molecule has 3 nitrogen and oxygen atoms in total. The van der Waals surface area contributed by atoms with Crippen LogP contribution in [0.25, 0.3) is 10.4 Å². The lowest BCUT2D eigenvalue weighted by molar-refractivity contribution is 0.0697. The second-order valence-corrected chi connectivity index (χ2v) is 6.60. The van der Waals surface area contributed by atoms with Gasteiger partial charge in [0, 0.05) is 0 Å². The van der Waals surface area contributed by atoms with Crippen LogP contribution in [0, 0.1) is 0 Å². The highest BCUT2D eigenvalue weighted by Crippen LogP contribution is 2.38. The van der Waals surface area contributed by atoms with Gasteiger partial charge in [-0.15, -0.1) is 11.3 Å². The van der Waals surface area contributed by atoms with Crippen LogP contribution in [-0.4, -0.2) is 16.1 Å². The second kappa shape index (κ2) is 5.98. The van der Waals surface area contributed by atoms with Crippen LogP contribution < -0.4 is 0 Å². The molecule has 1 N–H and O–H groups in total. The van der Waals surface area contributed by atoms with Crippen LogP contribution in [0.15, 0.2) is 18.2 Å². The van der Waals surface area contributed by atoms with Gasteiger partial charge >= 0.3 is 5.97 Å². The van der Waals surface area contributed by atoms with E-state index < -0.39 is 5.97 Å². The monoisotopic (exact) mass is 301 g/mol. The molecule has 0 unspecified atom stereocenters. The maximum Gasteiger partial charge on any atom is 0.335 e. The predicted molar refractivity (Wildman–Crippen MR) is 85.1 cm³/mol.